The van der Waals surface area contributed by atoms with Gasteiger partial charge in [0, 0.05) is 18.6 Å². The van der Waals surface area contributed by atoms with Gasteiger partial charge < -0.3 is 20.6 Å². The molecule has 0 spiro atoms. The molecule has 10 heteroatoms. The van der Waals surface area contributed by atoms with Crippen LogP contribution < -0.4 is 11.1 Å². The van der Waals surface area contributed by atoms with E-state index >= 15 is 0 Å². The summed E-state index contributed by atoms with van der Waals surface area (Å²) < 4.78 is 15.6. The molecule has 190 valence electrons. The summed E-state index contributed by atoms with van der Waals surface area (Å²) in [5.41, 5.74) is 8.10. The number of aromatic hydroxyl groups is 1. The van der Waals surface area contributed by atoms with E-state index in [-0.39, 0.29) is 17.5 Å². The number of nitrogens with zero attached hydrogens (tertiary/aromatic N) is 5. The topological polar surface area (TPSA) is 131 Å². The highest BCUT2D eigenvalue weighted by atomic mass is 19.1. The lowest BCUT2D eigenvalue weighted by molar-refractivity contribution is -0.119. The zero-order valence-electron chi connectivity index (χ0n) is 20.5. The van der Waals surface area contributed by atoms with Crippen molar-refractivity contribution in [2.45, 2.75) is 57.3 Å². The number of carbonyl (C=O) groups excluding carboxylic acids is 1. The summed E-state index contributed by atoms with van der Waals surface area (Å²) in [4.78, 5) is 31.7. The van der Waals surface area contributed by atoms with Gasteiger partial charge in [-0.2, -0.15) is 0 Å². The number of rotatable bonds is 5. The minimum Gasteiger partial charge on any atom is -0.505 e. The highest BCUT2D eigenvalue weighted by molar-refractivity contribution is 6.09. The first-order valence-corrected chi connectivity index (χ1v) is 12.7. The van der Waals surface area contributed by atoms with Gasteiger partial charge in [0.15, 0.2) is 23.0 Å². The quantitative estimate of drug-likeness (QED) is 0.370. The number of amides is 1. The molecule has 4 aromatic rings. The van der Waals surface area contributed by atoms with Crippen LogP contribution in [0.1, 0.15) is 62.3 Å². The molecule has 1 amide bonds. The van der Waals surface area contributed by atoms with Gasteiger partial charge >= 0.3 is 0 Å². The van der Waals surface area contributed by atoms with E-state index < -0.39 is 22.9 Å². The lowest BCUT2D eigenvalue weighted by Gasteiger charge is -2.23. The van der Waals surface area contributed by atoms with Gasteiger partial charge in [-0.3, -0.25) is 4.79 Å². The Hall–Kier alpha value is -4.08. The Labute approximate surface area is 213 Å². The molecule has 9 nitrogen and oxygen atoms in total. The van der Waals surface area contributed by atoms with E-state index in [1.807, 2.05) is 16.8 Å². The van der Waals surface area contributed by atoms with Crippen molar-refractivity contribution in [2.75, 3.05) is 11.1 Å². The molecule has 1 aliphatic heterocycles. The number of phenolic OH excluding ortho intramolecular Hbond substituents is 1. The van der Waals surface area contributed by atoms with Crippen LogP contribution in [0.2, 0.25) is 0 Å². The van der Waals surface area contributed by atoms with Crippen molar-refractivity contribution < 1.29 is 14.3 Å². The summed E-state index contributed by atoms with van der Waals surface area (Å²) in [6, 6.07) is 3.79. The van der Waals surface area contributed by atoms with Gasteiger partial charge in [0.2, 0.25) is 5.91 Å². The van der Waals surface area contributed by atoms with Crippen LogP contribution in [0.4, 0.5) is 16.0 Å². The highest BCUT2D eigenvalue weighted by Crippen LogP contribution is 2.45. The lowest BCUT2D eigenvalue weighted by atomic mass is 9.77. The second kappa shape index (κ2) is 8.79. The molecule has 37 heavy (non-hydrogen) atoms. The van der Waals surface area contributed by atoms with Gasteiger partial charge in [0.25, 0.3) is 0 Å². The number of benzene rings is 1. The number of phenols is 1. The molecule has 1 saturated carbocycles. The van der Waals surface area contributed by atoms with E-state index in [2.05, 4.69) is 20.3 Å². The zero-order valence-corrected chi connectivity index (χ0v) is 20.5. The number of nitrogens with two attached hydrogens (primary N) is 1. The van der Waals surface area contributed by atoms with Gasteiger partial charge in [-0.25, -0.2) is 24.3 Å². The van der Waals surface area contributed by atoms with Crippen LogP contribution >= 0.6 is 0 Å². The second-order valence-corrected chi connectivity index (χ2v) is 10.2. The fraction of sp³-hybridized carbons (Fsp3) is 0.370. The number of imidazole rings is 1. The average Bonchev–Trinajstić information content (AvgIpc) is 3.47. The first-order chi connectivity index (χ1) is 17.8. The molecule has 1 aliphatic carbocycles. The van der Waals surface area contributed by atoms with Crippen LogP contribution in [-0.2, 0) is 16.6 Å². The second-order valence-electron chi connectivity index (χ2n) is 10.2. The minimum absolute atomic E-state index is 0.112. The first-order valence-electron chi connectivity index (χ1n) is 12.7. The number of hydrogen-bond donors (Lipinski definition) is 3. The zero-order chi connectivity index (χ0) is 25.7. The molecule has 0 bridgehead atoms. The Balaban J connectivity index is 1.39. The number of nitrogen functional groups attached to an aromatic ring is 1. The van der Waals surface area contributed by atoms with Crippen LogP contribution in [0.5, 0.6) is 5.75 Å². The number of aromatic nitrogens is 5. The molecule has 4 N–H and O–H groups in total. The van der Waals surface area contributed by atoms with Crippen molar-refractivity contribution in [3.05, 3.63) is 59.4 Å². The summed E-state index contributed by atoms with van der Waals surface area (Å²) >= 11 is 0. The molecule has 1 atom stereocenters. The lowest BCUT2D eigenvalue weighted by Crippen LogP contribution is -2.33. The van der Waals surface area contributed by atoms with E-state index in [9.17, 15) is 14.3 Å². The van der Waals surface area contributed by atoms with Gasteiger partial charge in [0.05, 0.1) is 11.3 Å². The molecule has 3 aromatic heterocycles. The normalized spacial score (nSPS) is 19.8. The Morgan fingerprint density at radius 3 is 2.81 bits per heavy atom. The maximum atomic E-state index is 13.7. The third kappa shape index (κ3) is 3.87. The Morgan fingerprint density at radius 1 is 1.22 bits per heavy atom. The van der Waals surface area contributed by atoms with Crippen LogP contribution in [0.25, 0.3) is 17.2 Å². The number of carbonyl (C=O) groups is 1. The largest absolute Gasteiger partial charge is 0.505 e. The van der Waals surface area contributed by atoms with E-state index in [0.29, 0.717) is 22.7 Å². The fourth-order valence-corrected chi connectivity index (χ4v) is 5.71. The van der Waals surface area contributed by atoms with Crippen molar-refractivity contribution in [2.24, 2.45) is 5.92 Å². The van der Waals surface area contributed by atoms with E-state index in [1.54, 1.807) is 13.1 Å². The number of halogens is 1. The number of fused-ring (bicyclic) bond motifs is 2. The molecule has 0 radical (unpaired) electrons. The molecule has 1 aromatic carbocycles. The van der Waals surface area contributed by atoms with Gasteiger partial charge in [0.1, 0.15) is 22.7 Å². The molecule has 2 aliphatic rings. The Morgan fingerprint density at radius 2 is 2.03 bits per heavy atom. The molecular formula is C27H28FN7O2. The van der Waals surface area contributed by atoms with Gasteiger partial charge in [-0.15, -0.1) is 0 Å². The van der Waals surface area contributed by atoms with E-state index in [1.165, 1.54) is 44.2 Å². The summed E-state index contributed by atoms with van der Waals surface area (Å²) in [5, 5.41) is 12.7. The predicted molar refractivity (Wildman–Crippen MR) is 136 cm³/mol. The summed E-state index contributed by atoms with van der Waals surface area (Å²) in [6.07, 6.45) is 13.7. The van der Waals surface area contributed by atoms with Crippen molar-refractivity contribution in [1.82, 2.24) is 24.3 Å². The van der Waals surface area contributed by atoms with E-state index in [4.69, 9.17) is 10.7 Å². The fourth-order valence-electron chi connectivity index (χ4n) is 5.71. The maximum absolute atomic E-state index is 13.7. The highest BCUT2D eigenvalue weighted by Gasteiger charge is 2.48. The molecule has 1 fully saturated rings. The summed E-state index contributed by atoms with van der Waals surface area (Å²) in [7, 11) is 0. The third-order valence-corrected chi connectivity index (χ3v) is 7.83. The molecule has 4 heterocycles. The summed E-state index contributed by atoms with van der Waals surface area (Å²) in [6.45, 7) is 1.65. The number of aryl methyl sites for hydroxylation is 1. The van der Waals surface area contributed by atoms with Gasteiger partial charge in [-0.05, 0) is 43.4 Å². The molecule has 6 rings (SSSR count). The third-order valence-electron chi connectivity index (χ3n) is 7.83. The van der Waals surface area contributed by atoms with Crippen molar-refractivity contribution in [1.29, 1.82) is 0 Å². The van der Waals surface area contributed by atoms with Gasteiger partial charge in [-0.1, -0.05) is 38.2 Å². The number of nitrogens with one attached hydrogen (secondary N) is 1. The number of anilines is 2. The monoisotopic (exact) mass is 501 g/mol. The molecule has 0 unspecified atom stereocenters. The smallest absolute Gasteiger partial charge is 0.240 e. The Kier molecular flexibility index (Phi) is 5.54. The first kappa shape index (κ1) is 23.3. The van der Waals surface area contributed by atoms with Crippen molar-refractivity contribution in [3.8, 4) is 17.3 Å². The molecule has 0 saturated heterocycles. The van der Waals surface area contributed by atoms with Crippen LogP contribution in [0.15, 0.2) is 36.8 Å². The standard InChI is InChI=1S/C27H28FN7O2/c1-27(16-8-9-17(28)20(36)13-16)21-22(29)32-23(33-24(21)34-26(27)37)19-14-35-12-11-30-25(35)18(31-19)10-7-15-5-3-2-4-6-15/h8-9,11-15,36H,2-7,10H2,1H3,(H3,29,32,33,34,37)/t27-/m0/s1. The van der Waals surface area contributed by atoms with Crippen molar-refractivity contribution >= 4 is 23.2 Å². The number of hydrogen-bond acceptors (Lipinski definition) is 7. The average molecular weight is 502 g/mol. The van der Waals surface area contributed by atoms with E-state index in [0.717, 1.165) is 30.2 Å². The predicted octanol–water partition coefficient (Wildman–Crippen LogP) is 4.38. The SMILES string of the molecule is C[C@@]1(c2ccc(F)c(O)c2)C(=O)Nc2nc(-c3cn4ccnc4c(CCC4CCCCC4)n3)nc(N)c21. The van der Waals surface area contributed by atoms with Crippen LogP contribution in [0, 0.1) is 11.7 Å². The van der Waals surface area contributed by atoms with Crippen LogP contribution in [-0.4, -0.2) is 35.4 Å². The summed E-state index contributed by atoms with van der Waals surface area (Å²) in [5.74, 6) is -0.327. The Bertz CT molecular complexity index is 1530. The van der Waals surface area contributed by atoms with Crippen molar-refractivity contribution in [3.63, 3.8) is 0 Å². The maximum Gasteiger partial charge on any atom is 0.240 e. The van der Waals surface area contributed by atoms with Crippen LogP contribution in [0.3, 0.4) is 0 Å². The molecular weight excluding hydrogens is 473 g/mol. The minimum atomic E-state index is -1.30.